The van der Waals surface area contributed by atoms with Crippen LogP contribution in [-0.2, 0) is 21.9 Å². The average molecular weight is 488 g/mol. The molecule has 0 amide bonds. The van der Waals surface area contributed by atoms with Gasteiger partial charge in [-0.3, -0.25) is 4.79 Å². The Hall–Kier alpha value is -3.72. The Morgan fingerprint density at radius 3 is 2.43 bits per heavy atom. The lowest BCUT2D eigenvalue weighted by Gasteiger charge is -2.37. The molecule has 0 radical (unpaired) electrons. The van der Waals surface area contributed by atoms with Crippen LogP contribution in [0.15, 0.2) is 92.4 Å². The Morgan fingerprint density at radius 1 is 0.971 bits per heavy atom. The van der Waals surface area contributed by atoms with E-state index in [2.05, 4.69) is 16.8 Å². The molecule has 1 saturated heterocycles. The minimum absolute atomic E-state index is 0.0112. The van der Waals surface area contributed by atoms with Gasteiger partial charge < -0.3 is 13.9 Å². The fourth-order valence-corrected chi connectivity index (χ4v) is 4.39. The first kappa shape index (κ1) is 23.0. The molecule has 3 aromatic carbocycles. The quantitative estimate of drug-likeness (QED) is 0.282. The van der Waals surface area contributed by atoms with Crippen molar-refractivity contribution in [1.29, 1.82) is 0 Å². The standard InChI is InChI=1S/C27H23N2O5S/c30-24-17-25(34-26-22(7-4-8-23(24)26)19-5-2-1-3-6-19)29(13-15-32-16-14-29)18-33-27(31)20-9-11-21(28-35)12-10-20/h1-12,17H,13-16,18H2/q+1. The van der Waals surface area contributed by atoms with Crippen LogP contribution in [0.2, 0.25) is 0 Å². The van der Waals surface area contributed by atoms with E-state index in [9.17, 15) is 9.59 Å². The summed E-state index contributed by atoms with van der Waals surface area (Å²) in [6.07, 6.45) is 0. The highest BCUT2D eigenvalue weighted by Crippen LogP contribution is 2.33. The summed E-state index contributed by atoms with van der Waals surface area (Å²) in [5, 5.41) is 0.505. The Balaban J connectivity index is 1.53. The van der Waals surface area contributed by atoms with Crippen molar-refractivity contribution in [1.82, 2.24) is 4.48 Å². The van der Waals surface area contributed by atoms with Crippen molar-refractivity contribution in [2.75, 3.05) is 33.0 Å². The van der Waals surface area contributed by atoms with Crippen LogP contribution in [-0.4, -0.2) is 39.0 Å². The Bertz CT molecular complexity index is 1430. The van der Waals surface area contributed by atoms with Crippen LogP contribution < -0.4 is 9.91 Å². The lowest BCUT2D eigenvalue weighted by Crippen LogP contribution is -2.58. The second-order valence-electron chi connectivity index (χ2n) is 8.40. The molecule has 7 nitrogen and oxygen atoms in total. The number of morpholine rings is 1. The second kappa shape index (κ2) is 9.87. The van der Waals surface area contributed by atoms with Crippen molar-refractivity contribution in [2.24, 2.45) is 4.36 Å². The van der Waals surface area contributed by atoms with Gasteiger partial charge in [-0.2, -0.15) is 4.36 Å². The largest absolute Gasteiger partial charge is 0.411 e. The molecular weight excluding hydrogens is 464 g/mol. The van der Waals surface area contributed by atoms with Gasteiger partial charge in [0.05, 0.1) is 35.9 Å². The highest BCUT2D eigenvalue weighted by atomic mass is 32.1. The van der Waals surface area contributed by atoms with Gasteiger partial charge in [0.25, 0.3) is 0 Å². The fraction of sp³-hybridized carbons (Fsp3) is 0.185. The third-order valence-corrected chi connectivity index (χ3v) is 6.48. The van der Waals surface area contributed by atoms with Crippen molar-refractivity contribution in [3.05, 3.63) is 94.6 Å². The summed E-state index contributed by atoms with van der Waals surface area (Å²) in [6, 6.07) is 23.4. The first-order chi connectivity index (χ1) is 17.1. The molecule has 35 heavy (non-hydrogen) atoms. The van der Waals surface area contributed by atoms with Crippen molar-refractivity contribution in [2.45, 2.75) is 0 Å². The predicted molar refractivity (Wildman–Crippen MR) is 136 cm³/mol. The number of quaternary nitrogens is 1. The topological polar surface area (TPSA) is 78.1 Å². The first-order valence-electron chi connectivity index (χ1n) is 11.3. The molecule has 1 aliphatic rings. The summed E-state index contributed by atoms with van der Waals surface area (Å²) in [6.45, 7) is 1.92. The van der Waals surface area contributed by atoms with Crippen molar-refractivity contribution >= 4 is 40.9 Å². The number of esters is 1. The molecule has 176 valence electrons. The molecule has 0 atom stereocenters. The maximum absolute atomic E-state index is 13.2. The van der Waals surface area contributed by atoms with E-state index in [1.165, 1.54) is 6.07 Å². The van der Waals surface area contributed by atoms with E-state index in [0.29, 0.717) is 54.4 Å². The van der Waals surface area contributed by atoms with Crippen LogP contribution in [0, 0.1) is 0 Å². The SMILES string of the molecule is O=C(OC[N+]1(c2cc(=O)c3cccc(-c4ccccc4)c3o2)CCOCC1)c1ccc(N=S)cc1. The Kier molecular flexibility index (Phi) is 6.50. The average Bonchev–Trinajstić information content (AvgIpc) is 2.92. The summed E-state index contributed by atoms with van der Waals surface area (Å²) >= 11 is 4.68. The highest BCUT2D eigenvalue weighted by molar-refractivity contribution is 7.47. The van der Waals surface area contributed by atoms with E-state index in [1.807, 2.05) is 42.5 Å². The van der Waals surface area contributed by atoms with Gasteiger partial charge in [-0.25, -0.2) is 9.28 Å². The third kappa shape index (κ3) is 4.64. The molecule has 1 aromatic heterocycles. The van der Waals surface area contributed by atoms with Gasteiger partial charge in [0.1, 0.15) is 13.1 Å². The summed E-state index contributed by atoms with van der Waals surface area (Å²) < 4.78 is 21.6. The fourth-order valence-electron chi connectivity index (χ4n) is 4.27. The van der Waals surface area contributed by atoms with Crippen LogP contribution >= 0.6 is 0 Å². The van der Waals surface area contributed by atoms with E-state index in [1.54, 1.807) is 30.3 Å². The van der Waals surface area contributed by atoms with Gasteiger partial charge in [0.15, 0.2) is 11.0 Å². The molecule has 0 N–H and O–H groups in total. The molecule has 4 aromatic rings. The third-order valence-electron chi connectivity index (χ3n) is 6.27. The zero-order chi connectivity index (χ0) is 24.3. The van der Waals surface area contributed by atoms with Gasteiger partial charge in [0, 0.05) is 18.0 Å². The van der Waals surface area contributed by atoms with Gasteiger partial charge in [-0.05, 0) is 35.9 Å². The zero-order valence-corrected chi connectivity index (χ0v) is 19.7. The van der Waals surface area contributed by atoms with Gasteiger partial charge in [0.2, 0.25) is 6.73 Å². The normalized spacial score (nSPS) is 15.0. The molecule has 0 saturated carbocycles. The predicted octanol–water partition coefficient (Wildman–Crippen LogP) is 4.97. The van der Waals surface area contributed by atoms with Crippen LogP contribution in [0.4, 0.5) is 11.6 Å². The Morgan fingerprint density at radius 2 is 1.71 bits per heavy atom. The zero-order valence-electron chi connectivity index (χ0n) is 18.9. The molecule has 0 unspecified atom stereocenters. The van der Waals surface area contributed by atoms with Crippen LogP contribution in [0.25, 0.3) is 22.1 Å². The lowest BCUT2D eigenvalue weighted by molar-refractivity contribution is -0.0242. The second-order valence-corrected chi connectivity index (χ2v) is 8.58. The molecule has 1 fully saturated rings. The van der Waals surface area contributed by atoms with Gasteiger partial charge in [-0.1, -0.05) is 42.5 Å². The number of nitrogens with zero attached hydrogens (tertiary/aromatic N) is 2. The first-order valence-corrected chi connectivity index (χ1v) is 11.6. The maximum atomic E-state index is 13.2. The molecule has 1 aliphatic heterocycles. The minimum atomic E-state index is -0.474. The summed E-state index contributed by atoms with van der Waals surface area (Å²) in [5.74, 6) is -0.0275. The van der Waals surface area contributed by atoms with Crippen molar-refractivity contribution < 1.29 is 18.7 Å². The number of ether oxygens (including phenoxy) is 2. The summed E-state index contributed by atoms with van der Waals surface area (Å²) in [7, 11) is 0. The number of rotatable bonds is 6. The lowest BCUT2D eigenvalue weighted by atomic mass is 10.0. The van der Waals surface area contributed by atoms with Gasteiger partial charge in [-0.15, -0.1) is 0 Å². The maximum Gasteiger partial charge on any atom is 0.342 e. The van der Waals surface area contributed by atoms with E-state index in [0.717, 1.165) is 11.1 Å². The molecule has 0 aliphatic carbocycles. The number of fused-ring (bicyclic) bond motifs is 1. The van der Waals surface area contributed by atoms with Crippen molar-refractivity contribution in [3.8, 4) is 11.1 Å². The minimum Gasteiger partial charge on any atom is -0.411 e. The summed E-state index contributed by atoms with van der Waals surface area (Å²) in [5.41, 5.74) is 3.15. The van der Waals surface area contributed by atoms with Gasteiger partial charge >= 0.3 is 11.9 Å². The number of para-hydroxylation sites is 1. The highest BCUT2D eigenvalue weighted by Gasteiger charge is 2.38. The number of hydrogen-bond donors (Lipinski definition) is 0. The Labute approximate surface area is 207 Å². The molecule has 5 rings (SSSR count). The van der Waals surface area contributed by atoms with E-state index in [-0.39, 0.29) is 16.6 Å². The van der Waals surface area contributed by atoms with Crippen molar-refractivity contribution in [3.63, 3.8) is 0 Å². The van der Waals surface area contributed by atoms with Crippen LogP contribution in [0.3, 0.4) is 0 Å². The van der Waals surface area contributed by atoms with E-state index >= 15 is 0 Å². The molecular formula is C27H23N2O5S+. The number of carbonyl (C=O) groups is 1. The number of carbonyl (C=O) groups excluding carboxylic acids is 1. The smallest absolute Gasteiger partial charge is 0.342 e. The number of hydrogen-bond acceptors (Lipinski definition) is 7. The molecule has 8 heteroatoms. The summed E-state index contributed by atoms with van der Waals surface area (Å²) in [4.78, 5) is 25.9. The monoisotopic (exact) mass is 487 g/mol. The van der Waals surface area contributed by atoms with E-state index in [4.69, 9.17) is 13.9 Å². The van der Waals surface area contributed by atoms with E-state index < -0.39 is 5.97 Å². The van der Waals surface area contributed by atoms with Crippen LogP contribution in [0.5, 0.6) is 0 Å². The molecule has 0 spiro atoms. The number of benzene rings is 3. The molecule has 2 heterocycles. The molecule has 0 bridgehead atoms. The van der Waals surface area contributed by atoms with Crippen LogP contribution in [0.1, 0.15) is 10.4 Å².